The van der Waals surface area contributed by atoms with Crippen molar-refractivity contribution in [2.24, 2.45) is 0 Å². The van der Waals surface area contributed by atoms with Crippen molar-refractivity contribution >= 4 is 11.6 Å². The molecule has 0 fully saturated rings. The van der Waals surface area contributed by atoms with E-state index in [2.05, 4.69) is 5.32 Å². The lowest BCUT2D eigenvalue weighted by Crippen LogP contribution is -2.23. The van der Waals surface area contributed by atoms with Crippen molar-refractivity contribution < 1.29 is 19.0 Å². The number of hydrogen-bond acceptors (Lipinski definition) is 4. The molecule has 0 saturated heterocycles. The number of anilines is 1. The summed E-state index contributed by atoms with van der Waals surface area (Å²) in [4.78, 5) is 12.0. The minimum atomic E-state index is -0.0475. The van der Waals surface area contributed by atoms with Crippen molar-refractivity contribution in [2.75, 3.05) is 26.6 Å². The summed E-state index contributed by atoms with van der Waals surface area (Å²) in [6.45, 7) is 0. The van der Waals surface area contributed by atoms with Crippen LogP contribution in [0.4, 0.5) is 5.69 Å². The van der Waals surface area contributed by atoms with E-state index in [9.17, 15) is 4.79 Å². The fourth-order valence-electron chi connectivity index (χ4n) is 3.01. The van der Waals surface area contributed by atoms with Crippen molar-refractivity contribution in [3.63, 3.8) is 0 Å². The van der Waals surface area contributed by atoms with Crippen LogP contribution in [0.2, 0.25) is 0 Å². The third kappa shape index (κ3) is 2.70. The first kappa shape index (κ1) is 15.2. The average molecular weight is 313 g/mol. The molecule has 0 saturated carbocycles. The molecule has 5 nitrogen and oxygen atoms in total. The van der Waals surface area contributed by atoms with Gasteiger partial charge in [-0.1, -0.05) is 18.2 Å². The van der Waals surface area contributed by atoms with E-state index in [0.717, 1.165) is 16.8 Å². The van der Waals surface area contributed by atoms with Gasteiger partial charge >= 0.3 is 0 Å². The van der Waals surface area contributed by atoms with Crippen molar-refractivity contribution in [3.05, 3.63) is 47.5 Å². The Balaban J connectivity index is 2.13. The van der Waals surface area contributed by atoms with Gasteiger partial charge < -0.3 is 19.5 Å². The van der Waals surface area contributed by atoms with E-state index in [1.807, 2.05) is 36.4 Å². The Morgan fingerprint density at radius 3 is 2.26 bits per heavy atom. The molecule has 120 valence electrons. The first-order valence-electron chi connectivity index (χ1n) is 7.36. The van der Waals surface area contributed by atoms with E-state index in [1.54, 1.807) is 21.3 Å². The van der Waals surface area contributed by atoms with Gasteiger partial charge in [-0.3, -0.25) is 4.79 Å². The highest BCUT2D eigenvalue weighted by Crippen LogP contribution is 2.44. The number of methoxy groups -OCH3 is 3. The fourth-order valence-corrected chi connectivity index (χ4v) is 3.01. The van der Waals surface area contributed by atoms with Gasteiger partial charge in [-0.25, -0.2) is 0 Å². The Bertz CT molecular complexity index is 717. The van der Waals surface area contributed by atoms with Crippen LogP contribution in [0.5, 0.6) is 17.2 Å². The zero-order valence-electron chi connectivity index (χ0n) is 13.4. The SMILES string of the molecule is COc1cc(C2CC(=O)Nc3ccccc32)cc(OC)c1OC. The fraction of sp³-hybridized carbons (Fsp3) is 0.278. The summed E-state index contributed by atoms with van der Waals surface area (Å²) in [5.74, 6) is 1.68. The van der Waals surface area contributed by atoms with Crippen molar-refractivity contribution in [1.29, 1.82) is 0 Å². The molecule has 1 N–H and O–H groups in total. The Kier molecular flexibility index (Phi) is 4.10. The molecular weight excluding hydrogens is 294 g/mol. The van der Waals surface area contributed by atoms with Gasteiger partial charge in [-0.2, -0.15) is 0 Å². The Hall–Kier alpha value is -2.69. The second kappa shape index (κ2) is 6.20. The highest BCUT2D eigenvalue weighted by Gasteiger charge is 2.28. The largest absolute Gasteiger partial charge is 0.493 e. The Labute approximate surface area is 135 Å². The number of carbonyl (C=O) groups is 1. The average Bonchev–Trinajstić information content (AvgIpc) is 2.59. The number of amides is 1. The lowest BCUT2D eigenvalue weighted by atomic mass is 9.84. The van der Waals surface area contributed by atoms with E-state index in [4.69, 9.17) is 14.2 Å². The number of carbonyl (C=O) groups excluding carboxylic acids is 1. The molecule has 1 aliphatic heterocycles. The number of rotatable bonds is 4. The summed E-state index contributed by atoms with van der Waals surface area (Å²) in [5.41, 5.74) is 2.89. The summed E-state index contributed by atoms with van der Waals surface area (Å²) in [6.07, 6.45) is 0.385. The Morgan fingerprint density at radius 1 is 1.00 bits per heavy atom. The molecule has 0 aliphatic carbocycles. The lowest BCUT2D eigenvalue weighted by Gasteiger charge is -2.27. The van der Waals surface area contributed by atoms with E-state index in [1.165, 1.54) is 0 Å². The van der Waals surface area contributed by atoms with Crippen molar-refractivity contribution in [1.82, 2.24) is 0 Å². The maximum atomic E-state index is 12.0. The summed E-state index contributed by atoms with van der Waals surface area (Å²) in [7, 11) is 4.74. The van der Waals surface area contributed by atoms with Crippen LogP contribution in [-0.4, -0.2) is 27.2 Å². The number of fused-ring (bicyclic) bond motifs is 1. The van der Waals surface area contributed by atoms with Crippen LogP contribution in [0.3, 0.4) is 0 Å². The number of nitrogens with one attached hydrogen (secondary N) is 1. The van der Waals surface area contributed by atoms with Crippen LogP contribution in [0, 0.1) is 0 Å². The molecule has 2 aromatic rings. The second-order valence-corrected chi connectivity index (χ2v) is 5.35. The predicted octanol–water partition coefficient (Wildman–Crippen LogP) is 3.19. The quantitative estimate of drug-likeness (QED) is 0.942. The maximum Gasteiger partial charge on any atom is 0.225 e. The van der Waals surface area contributed by atoms with Crippen molar-refractivity contribution in [3.8, 4) is 17.2 Å². The number of para-hydroxylation sites is 1. The van der Waals surface area contributed by atoms with Crippen LogP contribution in [0.15, 0.2) is 36.4 Å². The van der Waals surface area contributed by atoms with Crippen LogP contribution >= 0.6 is 0 Å². The molecular formula is C18H19NO4. The standard InChI is InChI=1S/C18H19NO4/c1-21-15-8-11(9-16(22-2)18(15)23-3)13-10-17(20)19-14-7-5-4-6-12(13)14/h4-9,13H,10H2,1-3H3,(H,19,20). The minimum Gasteiger partial charge on any atom is -0.493 e. The van der Waals surface area contributed by atoms with Crippen LogP contribution < -0.4 is 19.5 Å². The molecule has 5 heteroatoms. The first-order valence-corrected chi connectivity index (χ1v) is 7.36. The van der Waals surface area contributed by atoms with E-state index in [0.29, 0.717) is 23.7 Å². The zero-order valence-corrected chi connectivity index (χ0v) is 13.4. The molecule has 0 radical (unpaired) electrons. The molecule has 1 heterocycles. The van der Waals surface area contributed by atoms with Gasteiger partial charge in [0.15, 0.2) is 11.5 Å². The van der Waals surface area contributed by atoms with Crippen molar-refractivity contribution in [2.45, 2.75) is 12.3 Å². The van der Waals surface area contributed by atoms with Gasteiger partial charge in [0, 0.05) is 18.0 Å². The highest BCUT2D eigenvalue weighted by molar-refractivity contribution is 5.95. The lowest BCUT2D eigenvalue weighted by molar-refractivity contribution is -0.116. The van der Waals surface area contributed by atoms with Gasteiger partial charge in [0.2, 0.25) is 11.7 Å². The summed E-state index contributed by atoms with van der Waals surface area (Å²) in [5, 5.41) is 2.91. The molecule has 1 aliphatic rings. The zero-order chi connectivity index (χ0) is 16.4. The molecule has 3 rings (SSSR count). The first-order chi connectivity index (χ1) is 11.2. The molecule has 0 bridgehead atoms. The maximum absolute atomic E-state index is 12.0. The molecule has 2 aromatic carbocycles. The third-order valence-electron chi connectivity index (χ3n) is 4.09. The smallest absolute Gasteiger partial charge is 0.225 e. The molecule has 0 spiro atoms. The molecule has 1 amide bonds. The topological polar surface area (TPSA) is 56.8 Å². The predicted molar refractivity (Wildman–Crippen MR) is 87.6 cm³/mol. The van der Waals surface area contributed by atoms with Gasteiger partial charge in [-0.05, 0) is 29.3 Å². The number of ether oxygens (including phenoxy) is 3. The van der Waals surface area contributed by atoms with Crippen LogP contribution in [0.1, 0.15) is 23.5 Å². The third-order valence-corrected chi connectivity index (χ3v) is 4.09. The molecule has 1 unspecified atom stereocenters. The highest BCUT2D eigenvalue weighted by atomic mass is 16.5. The van der Waals surface area contributed by atoms with E-state index >= 15 is 0 Å². The summed E-state index contributed by atoms with van der Waals surface area (Å²) >= 11 is 0. The minimum absolute atomic E-state index is 0.00227. The van der Waals surface area contributed by atoms with Crippen LogP contribution in [0.25, 0.3) is 0 Å². The number of hydrogen-bond donors (Lipinski definition) is 1. The molecule has 0 aromatic heterocycles. The van der Waals surface area contributed by atoms with Gasteiger partial charge in [-0.15, -0.1) is 0 Å². The molecule has 1 atom stereocenters. The second-order valence-electron chi connectivity index (χ2n) is 5.35. The monoisotopic (exact) mass is 313 g/mol. The normalized spacial score (nSPS) is 16.3. The summed E-state index contributed by atoms with van der Waals surface area (Å²) < 4.78 is 16.2. The van der Waals surface area contributed by atoms with Gasteiger partial charge in [0.25, 0.3) is 0 Å². The van der Waals surface area contributed by atoms with Crippen LogP contribution in [-0.2, 0) is 4.79 Å². The molecule has 23 heavy (non-hydrogen) atoms. The van der Waals surface area contributed by atoms with E-state index in [-0.39, 0.29) is 11.8 Å². The summed E-state index contributed by atoms with van der Waals surface area (Å²) in [6, 6.07) is 11.6. The Morgan fingerprint density at radius 2 is 1.65 bits per heavy atom. The van der Waals surface area contributed by atoms with Gasteiger partial charge in [0.1, 0.15) is 0 Å². The van der Waals surface area contributed by atoms with E-state index < -0.39 is 0 Å². The number of benzene rings is 2. The van der Waals surface area contributed by atoms with Gasteiger partial charge in [0.05, 0.1) is 21.3 Å².